The number of nitrogens with one attached hydrogen (secondary N) is 1. The molecule has 210 valence electrons. The van der Waals surface area contributed by atoms with Gasteiger partial charge in [-0.05, 0) is 33.8 Å². The molecular weight excluding hydrogens is 504 g/mol. The molecule has 2 atom stereocenters. The molecule has 1 aliphatic heterocycles. The summed E-state index contributed by atoms with van der Waals surface area (Å²) in [5, 5.41) is 13.0. The number of anilines is 1. The number of hydrogen-bond acceptors (Lipinski definition) is 9. The lowest BCUT2D eigenvalue weighted by Gasteiger charge is -2.26. The average molecular weight is 541 g/mol. The highest BCUT2D eigenvalue weighted by atomic mass is 16.6. The number of carbonyl (C=O) groups excluding carboxylic acids is 2. The van der Waals surface area contributed by atoms with Crippen molar-refractivity contribution in [3.8, 4) is 17.0 Å². The summed E-state index contributed by atoms with van der Waals surface area (Å²) in [5.74, 6) is 0.598. The van der Waals surface area contributed by atoms with Crippen molar-refractivity contribution in [3.05, 3.63) is 36.3 Å². The molecule has 0 unspecified atom stereocenters. The Kier molecular flexibility index (Phi) is 8.24. The predicted molar refractivity (Wildman–Crippen MR) is 145 cm³/mol. The molecule has 3 aromatic heterocycles. The number of aliphatic hydroxyl groups is 1. The molecule has 4 rings (SSSR count). The van der Waals surface area contributed by atoms with Crippen molar-refractivity contribution in [1.29, 1.82) is 0 Å². The molecule has 1 fully saturated rings. The molecule has 3 aromatic rings. The van der Waals surface area contributed by atoms with E-state index in [0.717, 1.165) is 0 Å². The molecule has 2 N–H and O–H groups in total. The second kappa shape index (κ2) is 11.3. The van der Waals surface area contributed by atoms with Crippen molar-refractivity contribution in [3.63, 3.8) is 0 Å². The monoisotopic (exact) mass is 540 g/mol. The van der Waals surface area contributed by atoms with Crippen LogP contribution in [0.25, 0.3) is 22.2 Å². The van der Waals surface area contributed by atoms with Crippen LogP contribution < -0.4 is 10.1 Å². The van der Waals surface area contributed by atoms with Crippen LogP contribution in [0.15, 0.2) is 30.6 Å². The number of rotatable bonds is 8. The average Bonchev–Trinajstić information content (AvgIpc) is 3.48. The van der Waals surface area contributed by atoms with E-state index in [1.54, 1.807) is 53.1 Å². The van der Waals surface area contributed by atoms with Gasteiger partial charge in [0.1, 0.15) is 22.8 Å². The second-order valence-electron chi connectivity index (χ2n) is 10.7. The fourth-order valence-corrected chi connectivity index (χ4v) is 4.36. The topological polar surface area (TPSA) is 134 Å². The summed E-state index contributed by atoms with van der Waals surface area (Å²) in [6.45, 7) is 9.64. The van der Waals surface area contributed by atoms with Crippen LogP contribution >= 0.6 is 0 Å². The van der Waals surface area contributed by atoms with E-state index in [-0.39, 0.29) is 5.91 Å². The third-order valence-corrected chi connectivity index (χ3v) is 6.31. The van der Waals surface area contributed by atoms with Gasteiger partial charge in [-0.25, -0.2) is 14.8 Å². The van der Waals surface area contributed by atoms with Crippen molar-refractivity contribution >= 4 is 28.7 Å². The van der Waals surface area contributed by atoms with Gasteiger partial charge >= 0.3 is 6.09 Å². The maximum absolute atomic E-state index is 13.2. The van der Waals surface area contributed by atoms with Crippen molar-refractivity contribution < 1.29 is 33.6 Å². The molecule has 1 amide bonds. The van der Waals surface area contributed by atoms with Crippen molar-refractivity contribution in [2.24, 2.45) is 0 Å². The Hall–Kier alpha value is -3.54. The molecule has 0 spiro atoms. The molecule has 39 heavy (non-hydrogen) atoms. The predicted octanol–water partition coefficient (Wildman–Crippen LogP) is 4.25. The van der Waals surface area contributed by atoms with Gasteiger partial charge in [-0.1, -0.05) is 0 Å². The largest absolute Gasteiger partial charge is 0.493 e. The van der Waals surface area contributed by atoms with Gasteiger partial charge in [0.15, 0.2) is 0 Å². The minimum absolute atomic E-state index is 0.271. The van der Waals surface area contributed by atoms with Gasteiger partial charge in [-0.3, -0.25) is 9.36 Å². The number of amides is 1. The van der Waals surface area contributed by atoms with E-state index in [0.29, 0.717) is 72.1 Å². The molecule has 1 aliphatic rings. The van der Waals surface area contributed by atoms with Crippen molar-refractivity contribution in [2.45, 2.75) is 64.8 Å². The molecule has 11 heteroatoms. The van der Waals surface area contributed by atoms with Crippen LogP contribution in [0.4, 0.5) is 10.6 Å². The van der Waals surface area contributed by atoms with Gasteiger partial charge in [-0.15, -0.1) is 0 Å². The Labute approximate surface area is 227 Å². The Morgan fingerprint density at radius 2 is 2.05 bits per heavy atom. The number of aromatic nitrogens is 3. The quantitative estimate of drug-likeness (QED) is 0.430. The number of ether oxygens (including phenoxy) is 4. The van der Waals surface area contributed by atoms with Gasteiger partial charge in [0.2, 0.25) is 5.91 Å². The number of carbonyl (C=O) groups is 2. The summed E-state index contributed by atoms with van der Waals surface area (Å²) in [7, 11) is 1.62. The van der Waals surface area contributed by atoms with Gasteiger partial charge in [-0.2, -0.15) is 0 Å². The molecule has 1 saturated heterocycles. The van der Waals surface area contributed by atoms with Crippen LogP contribution in [-0.2, 0) is 24.6 Å². The Morgan fingerprint density at radius 3 is 2.67 bits per heavy atom. The summed E-state index contributed by atoms with van der Waals surface area (Å²) >= 11 is 0. The molecular formula is C28H36N4O7. The number of aliphatic hydroxyl groups excluding tert-OH is 1. The highest BCUT2D eigenvalue weighted by Crippen LogP contribution is 2.38. The highest BCUT2D eigenvalue weighted by Gasteiger charge is 2.39. The smallest absolute Gasteiger partial charge is 0.419 e. The molecule has 0 saturated carbocycles. The zero-order chi connectivity index (χ0) is 28.4. The van der Waals surface area contributed by atoms with Crippen LogP contribution in [0.3, 0.4) is 0 Å². The van der Waals surface area contributed by atoms with Crippen LogP contribution in [0, 0.1) is 0 Å². The molecule has 0 aliphatic carbocycles. The lowest BCUT2D eigenvalue weighted by Crippen LogP contribution is -2.30. The first kappa shape index (κ1) is 28.5. The lowest BCUT2D eigenvalue weighted by molar-refractivity contribution is -0.114. The summed E-state index contributed by atoms with van der Waals surface area (Å²) in [5.41, 5.74) is 0.773. The van der Waals surface area contributed by atoms with E-state index in [1.165, 1.54) is 17.7 Å². The van der Waals surface area contributed by atoms with Gasteiger partial charge in [0.05, 0.1) is 42.4 Å². The highest BCUT2D eigenvalue weighted by molar-refractivity contribution is 6.02. The first-order chi connectivity index (χ1) is 18.4. The van der Waals surface area contributed by atoms with E-state index in [4.69, 9.17) is 23.9 Å². The standard InChI is InChI=1S/C28H36N4O7/c1-17(33)7-9-38-19-11-22(31-24(12-19)28(36-6)8-10-37-16-28)21-15-32(26(35)39-27(3,4)5)23-14-29-25(13-20(21)23)30-18(2)34/h11-15,17,33H,7-10,16H2,1-6H3,(H,29,30,34)/t17-,28+/m1/s1. The zero-order valence-electron chi connectivity index (χ0n) is 23.2. The summed E-state index contributed by atoms with van der Waals surface area (Å²) in [6, 6.07) is 5.29. The number of methoxy groups -OCH3 is 1. The van der Waals surface area contributed by atoms with Gasteiger partial charge < -0.3 is 29.4 Å². The SMILES string of the molecule is CO[C@@]1(c2cc(OCC[C@@H](C)O)cc(-c3cn(C(=O)OC(C)(C)C)c4cnc(NC(C)=O)cc34)n2)CCOC1. The third-order valence-electron chi connectivity index (χ3n) is 6.31. The summed E-state index contributed by atoms with van der Waals surface area (Å²) in [4.78, 5) is 34.1. The maximum Gasteiger partial charge on any atom is 0.419 e. The van der Waals surface area contributed by atoms with E-state index >= 15 is 0 Å². The maximum atomic E-state index is 13.2. The Morgan fingerprint density at radius 1 is 1.28 bits per heavy atom. The molecule has 0 radical (unpaired) electrons. The number of pyridine rings is 2. The fourth-order valence-electron chi connectivity index (χ4n) is 4.36. The van der Waals surface area contributed by atoms with Crippen LogP contribution in [0.5, 0.6) is 5.75 Å². The lowest BCUT2D eigenvalue weighted by atomic mass is 9.96. The third kappa shape index (κ3) is 6.55. The Balaban J connectivity index is 1.90. The second-order valence-corrected chi connectivity index (χ2v) is 10.7. The van der Waals surface area contributed by atoms with E-state index in [9.17, 15) is 14.7 Å². The fraction of sp³-hybridized carbons (Fsp3) is 0.500. The van der Waals surface area contributed by atoms with Crippen LogP contribution in [-0.4, -0.2) is 70.3 Å². The van der Waals surface area contributed by atoms with Gasteiger partial charge in [0.25, 0.3) is 0 Å². The minimum Gasteiger partial charge on any atom is -0.493 e. The molecule has 11 nitrogen and oxygen atoms in total. The summed E-state index contributed by atoms with van der Waals surface area (Å²) in [6.07, 6.45) is 3.15. The zero-order valence-corrected chi connectivity index (χ0v) is 23.2. The number of hydrogen-bond donors (Lipinski definition) is 2. The normalized spacial score (nSPS) is 18.2. The first-order valence-corrected chi connectivity index (χ1v) is 12.9. The van der Waals surface area contributed by atoms with Crippen molar-refractivity contribution in [1.82, 2.24) is 14.5 Å². The van der Waals surface area contributed by atoms with E-state index in [1.807, 2.05) is 6.07 Å². The number of fused-ring (bicyclic) bond motifs is 1. The van der Waals surface area contributed by atoms with Crippen molar-refractivity contribution in [2.75, 3.05) is 32.2 Å². The molecule has 0 aromatic carbocycles. The molecule has 4 heterocycles. The van der Waals surface area contributed by atoms with E-state index in [2.05, 4.69) is 10.3 Å². The first-order valence-electron chi connectivity index (χ1n) is 12.9. The Bertz CT molecular complexity index is 1350. The summed E-state index contributed by atoms with van der Waals surface area (Å²) < 4.78 is 24.6. The van der Waals surface area contributed by atoms with E-state index < -0.39 is 23.4 Å². The van der Waals surface area contributed by atoms with Crippen LogP contribution in [0.1, 0.15) is 53.2 Å². The minimum atomic E-state index is -0.759. The van der Waals surface area contributed by atoms with Gasteiger partial charge in [0, 0.05) is 62.8 Å². The molecule has 0 bridgehead atoms. The number of nitrogens with zero attached hydrogens (tertiary/aromatic N) is 3. The van der Waals surface area contributed by atoms with Crippen LogP contribution in [0.2, 0.25) is 0 Å².